The highest BCUT2D eigenvalue weighted by Gasteiger charge is 2.46. The quantitative estimate of drug-likeness (QED) is 0.226. The molecule has 2 aliphatic rings. The third-order valence-electron chi connectivity index (χ3n) is 4.56. The van der Waals surface area contributed by atoms with Gasteiger partial charge in [-0.3, -0.25) is 18.4 Å². The molecular formula is C13H28N3O9P. The van der Waals surface area contributed by atoms with Crippen LogP contribution in [0.15, 0.2) is 0 Å². The number of ether oxygens (including phenoxy) is 2. The van der Waals surface area contributed by atoms with Crippen molar-refractivity contribution in [2.24, 2.45) is 23.3 Å². The zero-order valence-electron chi connectivity index (χ0n) is 14.7. The molecule has 0 aromatic rings. The van der Waals surface area contributed by atoms with Crippen LogP contribution in [0, 0.1) is 5.92 Å². The van der Waals surface area contributed by atoms with Crippen LogP contribution in [-0.2, 0) is 32.4 Å². The van der Waals surface area contributed by atoms with Crippen LogP contribution in [0.4, 0.5) is 0 Å². The van der Waals surface area contributed by atoms with E-state index >= 15 is 0 Å². The fraction of sp³-hybridized carbons (Fsp3) is 1.00. The molecule has 0 spiro atoms. The average Bonchev–Trinajstić information content (AvgIpc) is 2.91. The van der Waals surface area contributed by atoms with Crippen molar-refractivity contribution in [2.75, 3.05) is 20.3 Å². The van der Waals surface area contributed by atoms with Crippen LogP contribution in [0.2, 0.25) is 0 Å². The van der Waals surface area contributed by atoms with Gasteiger partial charge in [-0.05, 0) is 6.42 Å². The zero-order valence-corrected chi connectivity index (χ0v) is 15.6. The molecule has 154 valence electrons. The molecule has 0 aliphatic carbocycles. The summed E-state index contributed by atoms with van der Waals surface area (Å²) in [5.41, 5.74) is 11.2. The summed E-state index contributed by atoms with van der Waals surface area (Å²) in [7, 11) is -2.94. The topological polar surface area (TPSA) is 191 Å². The van der Waals surface area contributed by atoms with E-state index < -0.39 is 50.8 Å². The monoisotopic (exact) mass is 401 g/mol. The minimum atomic E-state index is -4.08. The molecule has 26 heavy (non-hydrogen) atoms. The van der Waals surface area contributed by atoms with Gasteiger partial charge < -0.3 is 31.2 Å². The molecule has 12 nitrogen and oxygen atoms in total. The van der Waals surface area contributed by atoms with Gasteiger partial charge in [0.25, 0.3) is 0 Å². The highest BCUT2D eigenvalue weighted by molar-refractivity contribution is 7.48. The van der Waals surface area contributed by atoms with E-state index in [1.54, 1.807) is 0 Å². The SMILES string of the molecule is CC[C@H]1CO[C@@H](N)C(O)C1OP(=O)(OC)OC[C@H]1O[C@@H](N)C(O)C1ON. The first-order chi connectivity index (χ1) is 12.3. The number of nitrogens with two attached hydrogens (primary N) is 3. The maximum absolute atomic E-state index is 12.8. The zero-order chi connectivity index (χ0) is 19.5. The Hall–Kier alpha value is -0.210. The summed E-state index contributed by atoms with van der Waals surface area (Å²) in [6.45, 7) is 1.77. The van der Waals surface area contributed by atoms with Gasteiger partial charge in [0.2, 0.25) is 0 Å². The molecule has 2 heterocycles. The Labute approximate surface area is 151 Å². The predicted octanol–water partition coefficient (Wildman–Crippen LogP) is -1.85. The summed E-state index contributed by atoms with van der Waals surface area (Å²) in [5, 5.41) is 20.0. The van der Waals surface area contributed by atoms with E-state index in [9.17, 15) is 14.8 Å². The minimum Gasteiger partial charge on any atom is -0.386 e. The number of phosphoric ester groups is 1. The molecule has 0 amide bonds. The molecule has 2 fully saturated rings. The molecule has 2 saturated heterocycles. The summed E-state index contributed by atoms with van der Waals surface area (Å²) >= 11 is 0. The second kappa shape index (κ2) is 9.32. The van der Waals surface area contributed by atoms with Crippen LogP contribution < -0.4 is 17.4 Å². The summed E-state index contributed by atoms with van der Waals surface area (Å²) in [6, 6.07) is 0. The van der Waals surface area contributed by atoms with E-state index in [-0.39, 0.29) is 19.1 Å². The van der Waals surface area contributed by atoms with Crippen molar-refractivity contribution in [3.8, 4) is 0 Å². The molecule has 5 unspecified atom stereocenters. The van der Waals surface area contributed by atoms with Crippen LogP contribution in [-0.4, -0.2) is 73.5 Å². The number of aliphatic hydroxyl groups is 2. The second-order valence-electron chi connectivity index (χ2n) is 6.18. The molecule has 9 atom stereocenters. The van der Waals surface area contributed by atoms with Crippen LogP contribution in [0.5, 0.6) is 0 Å². The van der Waals surface area contributed by atoms with E-state index in [0.717, 1.165) is 7.11 Å². The number of hydrogen-bond acceptors (Lipinski definition) is 12. The van der Waals surface area contributed by atoms with Crippen LogP contribution in [0.1, 0.15) is 13.3 Å². The fourth-order valence-corrected chi connectivity index (χ4v) is 4.08. The summed E-state index contributed by atoms with van der Waals surface area (Å²) in [5.74, 6) is 4.87. The van der Waals surface area contributed by atoms with E-state index in [1.165, 1.54) is 0 Å². The van der Waals surface area contributed by atoms with Crippen molar-refractivity contribution in [1.29, 1.82) is 0 Å². The number of aliphatic hydroxyl groups excluding tert-OH is 2. The number of rotatable bonds is 8. The Kier molecular flexibility index (Phi) is 7.92. The standard InChI is InChI=1S/C13H28N3O9P/c1-3-6-4-21-12(14)8(17)10(6)25-26(19,20-2)22-5-7-11(24-16)9(18)13(15)23-7/h6-13,17-18H,3-5,14-16H2,1-2H3/t6-,7+,8?,9?,10?,11?,12+,13+,26?/m0/s1. The average molecular weight is 401 g/mol. The van der Waals surface area contributed by atoms with Gasteiger partial charge in [-0.2, -0.15) is 0 Å². The molecule has 0 aromatic heterocycles. The fourth-order valence-electron chi connectivity index (χ4n) is 2.90. The Morgan fingerprint density at radius 2 is 1.85 bits per heavy atom. The van der Waals surface area contributed by atoms with E-state index in [0.29, 0.717) is 6.42 Å². The summed E-state index contributed by atoms with van der Waals surface area (Å²) < 4.78 is 38.9. The Morgan fingerprint density at radius 3 is 2.42 bits per heavy atom. The van der Waals surface area contributed by atoms with Gasteiger partial charge >= 0.3 is 7.82 Å². The van der Waals surface area contributed by atoms with Crippen LogP contribution in [0.25, 0.3) is 0 Å². The lowest BCUT2D eigenvalue weighted by Crippen LogP contribution is -2.54. The van der Waals surface area contributed by atoms with Gasteiger partial charge in [-0.1, -0.05) is 6.92 Å². The maximum Gasteiger partial charge on any atom is 0.474 e. The van der Waals surface area contributed by atoms with Gasteiger partial charge in [0, 0.05) is 13.0 Å². The molecule has 0 saturated carbocycles. The van der Waals surface area contributed by atoms with Crippen LogP contribution >= 0.6 is 7.82 Å². The lowest BCUT2D eigenvalue weighted by atomic mass is 9.93. The van der Waals surface area contributed by atoms with Crippen molar-refractivity contribution in [3.05, 3.63) is 0 Å². The van der Waals surface area contributed by atoms with Crippen molar-refractivity contribution in [2.45, 2.75) is 56.3 Å². The lowest BCUT2D eigenvalue weighted by molar-refractivity contribution is -0.160. The van der Waals surface area contributed by atoms with Crippen molar-refractivity contribution >= 4 is 7.82 Å². The van der Waals surface area contributed by atoms with Crippen molar-refractivity contribution < 1.29 is 42.7 Å². The van der Waals surface area contributed by atoms with Crippen LogP contribution in [0.3, 0.4) is 0 Å². The van der Waals surface area contributed by atoms with Gasteiger partial charge in [0.15, 0.2) is 0 Å². The summed E-state index contributed by atoms with van der Waals surface area (Å²) in [6.07, 6.45) is -6.56. The molecule has 0 aromatic carbocycles. The third-order valence-corrected chi connectivity index (χ3v) is 5.98. The second-order valence-corrected chi connectivity index (χ2v) is 7.91. The third kappa shape index (κ3) is 4.79. The van der Waals surface area contributed by atoms with Gasteiger partial charge in [0.05, 0.1) is 13.2 Å². The number of phosphoric acid groups is 1. The first kappa shape index (κ1) is 22.1. The molecular weight excluding hydrogens is 373 g/mol. The minimum absolute atomic E-state index is 0.235. The van der Waals surface area contributed by atoms with E-state index in [1.807, 2.05) is 6.92 Å². The number of hydrogen-bond donors (Lipinski definition) is 5. The van der Waals surface area contributed by atoms with E-state index in [2.05, 4.69) is 4.84 Å². The van der Waals surface area contributed by atoms with Crippen molar-refractivity contribution in [1.82, 2.24) is 0 Å². The summed E-state index contributed by atoms with van der Waals surface area (Å²) in [4.78, 5) is 4.64. The molecule has 2 aliphatic heterocycles. The lowest BCUT2D eigenvalue weighted by Gasteiger charge is -2.39. The van der Waals surface area contributed by atoms with Gasteiger partial charge in [-0.15, -0.1) is 0 Å². The predicted molar refractivity (Wildman–Crippen MR) is 87.1 cm³/mol. The normalized spacial score (nSPS) is 43.3. The molecule has 0 bridgehead atoms. The Balaban J connectivity index is 2.02. The molecule has 2 rings (SSSR count). The Bertz CT molecular complexity index is 499. The van der Waals surface area contributed by atoms with Gasteiger partial charge in [0.1, 0.15) is 43.0 Å². The first-order valence-electron chi connectivity index (χ1n) is 8.25. The highest BCUT2D eigenvalue weighted by atomic mass is 31.2. The smallest absolute Gasteiger partial charge is 0.386 e. The molecule has 0 radical (unpaired) electrons. The molecule has 8 N–H and O–H groups in total. The van der Waals surface area contributed by atoms with E-state index in [4.69, 9.17) is 40.4 Å². The maximum atomic E-state index is 12.8. The Morgan fingerprint density at radius 1 is 1.19 bits per heavy atom. The largest absolute Gasteiger partial charge is 0.474 e. The van der Waals surface area contributed by atoms with Gasteiger partial charge in [-0.25, -0.2) is 10.5 Å². The highest BCUT2D eigenvalue weighted by Crippen LogP contribution is 2.52. The first-order valence-corrected chi connectivity index (χ1v) is 9.71. The van der Waals surface area contributed by atoms with Crippen molar-refractivity contribution in [3.63, 3.8) is 0 Å². The molecule has 13 heteroatoms.